The number of rotatable bonds is 10. The van der Waals surface area contributed by atoms with Crippen LogP contribution in [-0.4, -0.2) is 36.7 Å². The highest BCUT2D eigenvalue weighted by Crippen LogP contribution is 2.30. The summed E-state index contributed by atoms with van der Waals surface area (Å²) in [6.07, 6.45) is 2.49. The Kier molecular flexibility index (Phi) is 10.9. The van der Waals surface area contributed by atoms with Crippen LogP contribution in [0.15, 0.2) is 12.2 Å². The van der Waals surface area contributed by atoms with Gasteiger partial charge in [0.05, 0.1) is 0 Å². The molecule has 0 radical (unpaired) electrons. The zero-order valence-corrected chi connectivity index (χ0v) is 20.2. The molecule has 0 aliphatic carbocycles. The zero-order chi connectivity index (χ0) is 23.6. The van der Waals surface area contributed by atoms with Crippen LogP contribution in [0.25, 0.3) is 0 Å². The highest BCUT2D eigenvalue weighted by Gasteiger charge is 2.30. The van der Waals surface area contributed by atoms with Gasteiger partial charge in [-0.2, -0.15) is 9.78 Å². The first-order valence-electron chi connectivity index (χ1n) is 10.1. The summed E-state index contributed by atoms with van der Waals surface area (Å²) in [5.41, 5.74) is -1.22. The minimum Gasteiger partial charge on any atom is -0.428 e. The van der Waals surface area contributed by atoms with E-state index in [4.69, 9.17) is 19.2 Å². The van der Waals surface area contributed by atoms with Gasteiger partial charge in [0.1, 0.15) is 24.4 Å². The molecule has 0 bridgehead atoms. The van der Waals surface area contributed by atoms with Crippen LogP contribution in [0.5, 0.6) is 0 Å². The van der Waals surface area contributed by atoms with E-state index in [9.17, 15) is 9.59 Å². The number of hydrogen-bond donors (Lipinski definition) is 0. The van der Waals surface area contributed by atoms with E-state index in [1.807, 2.05) is 27.7 Å². The van der Waals surface area contributed by atoms with Crippen molar-refractivity contribution in [2.45, 2.75) is 93.3 Å². The largest absolute Gasteiger partial charge is 0.540 e. The second-order valence-corrected chi connectivity index (χ2v) is 10.9. The molecule has 0 saturated heterocycles. The third-order valence-electron chi connectivity index (χ3n) is 3.34. The van der Waals surface area contributed by atoms with E-state index in [-0.39, 0.29) is 24.0 Å². The third kappa shape index (κ3) is 17.1. The van der Waals surface area contributed by atoms with Crippen molar-refractivity contribution >= 4 is 12.3 Å². The lowest BCUT2D eigenvalue weighted by molar-refractivity contribution is -0.322. The Hall–Kier alpha value is -1.80. The van der Waals surface area contributed by atoms with E-state index in [2.05, 4.69) is 51.3 Å². The van der Waals surface area contributed by atoms with Crippen molar-refractivity contribution in [1.82, 2.24) is 0 Å². The molecule has 8 heteroatoms. The number of hydrogen-bond acceptors (Lipinski definition) is 8. The molecule has 0 rings (SSSR count). The smallest absolute Gasteiger partial charge is 0.428 e. The normalized spacial score (nSPS) is 13.3. The quantitative estimate of drug-likeness (QED) is 0.176. The first kappa shape index (κ1) is 28.2. The lowest BCUT2D eigenvalue weighted by Gasteiger charge is -2.30. The molecule has 0 aromatic heterocycles. The molecule has 0 aromatic carbocycles. The molecule has 0 aliphatic rings. The van der Waals surface area contributed by atoms with Gasteiger partial charge in [0.25, 0.3) is 0 Å². The summed E-state index contributed by atoms with van der Waals surface area (Å²) in [7, 11) is 0. The molecule has 0 amide bonds. The Morgan fingerprint density at radius 3 is 1.17 bits per heavy atom. The summed E-state index contributed by atoms with van der Waals surface area (Å²) in [6.45, 7) is 19.6. The SMILES string of the molecule is CC(C)(C)CC(C)(C)OOC(=O)OCC=CCOC(=O)OOC(C)(C)CC(C)(C)C. The highest BCUT2D eigenvalue weighted by molar-refractivity contribution is 5.59. The third-order valence-corrected chi connectivity index (χ3v) is 3.34. The molecule has 176 valence electrons. The van der Waals surface area contributed by atoms with Crippen molar-refractivity contribution in [3.63, 3.8) is 0 Å². The number of carbonyl (C=O) groups is 2. The molecule has 0 heterocycles. The van der Waals surface area contributed by atoms with Crippen LogP contribution in [0.1, 0.15) is 82.1 Å². The molecule has 0 N–H and O–H groups in total. The Morgan fingerprint density at radius 2 is 0.900 bits per heavy atom. The molecular formula is C22H40O8. The molecule has 30 heavy (non-hydrogen) atoms. The summed E-state index contributed by atoms with van der Waals surface area (Å²) < 4.78 is 9.69. The molecule has 0 spiro atoms. The zero-order valence-electron chi connectivity index (χ0n) is 20.2. The minimum absolute atomic E-state index is 0.0219. The second-order valence-electron chi connectivity index (χ2n) is 10.9. The van der Waals surface area contributed by atoms with Gasteiger partial charge in [-0.1, -0.05) is 41.5 Å². The molecule has 0 atom stereocenters. The van der Waals surface area contributed by atoms with Crippen LogP contribution in [0.4, 0.5) is 9.59 Å². The molecule has 0 unspecified atom stereocenters. The van der Waals surface area contributed by atoms with Crippen molar-refractivity contribution in [3.05, 3.63) is 12.2 Å². The van der Waals surface area contributed by atoms with Gasteiger partial charge in [-0.3, -0.25) is 9.78 Å². The molecular weight excluding hydrogens is 392 g/mol. The predicted molar refractivity (Wildman–Crippen MR) is 112 cm³/mol. The predicted octanol–water partition coefficient (Wildman–Crippen LogP) is 6.14. The maximum absolute atomic E-state index is 11.5. The topological polar surface area (TPSA) is 89.5 Å². The fraction of sp³-hybridized carbons (Fsp3) is 0.818. The van der Waals surface area contributed by atoms with Gasteiger partial charge in [-0.15, -0.1) is 0 Å². The van der Waals surface area contributed by atoms with Crippen LogP contribution in [-0.2, 0) is 29.0 Å². The van der Waals surface area contributed by atoms with Crippen molar-refractivity contribution in [2.24, 2.45) is 10.8 Å². The fourth-order valence-electron chi connectivity index (χ4n) is 3.32. The van der Waals surface area contributed by atoms with Crippen LogP contribution in [0.3, 0.4) is 0 Å². The van der Waals surface area contributed by atoms with Gasteiger partial charge < -0.3 is 9.47 Å². The van der Waals surface area contributed by atoms with E-state index < -0.39 is 23.5 Å². The number of carbonyl (C=O) groups excluding carboxylic acids is 2. The average Bonchev–Trinajstić information content (AvgIpc) is 2.50. The van der Waals surface area contributed by atoms with Gasteiger partial charge in [-0.25, -0.2) is 9.59 Å². The Morgan fingerprint density at radius 1 is 0.600 bits per heavy atom. The first-order valence-corrected chi connectivity index (χ1v) is 10.1. The van der Waals surface area contributed by atoms with Gasteiger partial charge in [-0.05, 0) is 63.5 Å². The van der Waals surface area contributed by atoms with E-state index in [1.54, 1.807) is 0 Å². The summed E-state index contributed by atoms with van der Waals surface area (Å²) in [6, 6.07) is 0. The van der Waals surface area contributed by atoms with E-state index in [0.29, 0.717) is 12.8 Å². The molecule has 0 fully saturated rings. The Bertz CT molecular complexity index is 515. The lowest BCUT2D eigenvalue weighted by atomic mass is 9.84. The lowest BCUT2D eigenvalue weighted by Crippen LogP contribution is -2.31. The molecule has 0 aliphatic heterocycles. The molecule has 8 nitrogen and oxygen atoms in total. The van der Waals surface area contributed by atoms with Gasteiger partial charge in [0, 0.05) is 0 Å². The van der Waals surface area contributed by atoms with Gasteiger partial charge in [0.15, 0.2) is 0 Å². The summed E-state index contributed by atoms with van der Waals surface area (Å²) in [5.74, 6) is 0. The van der Waals surface area contributed by atoms with Crippen molar-refractivity contribution < 1.29 is 38.6 Å². The van der Waals surface area contributed by atoms with Crippen LogP contribution < -0.4 is 0 Å². The fourth-order valence-corrected chi connectivity index (χ4v) is 3.32. The number of ether oxygens (including phenoxy) is 2. The second kappa shape index (κ2) is 11.6. The first-order chi connectivity index (χ1) is 13.4. The van der Waals surface area contributed by atoms with Crippen molar-refractivity contribution in [2.75, 3.05) is 13.2 Å². The summed E-state index contributed by atoms with van der Waals surface area (Å²) in [5, 5.41) is 0. The maximum atomic E-state index is 11.5. The Balaban J connectivity index is 4.01. The summed E-state index contributed by atoms with van der Waals surface area (Å²) >= 11 is 0. The highest BCUT2D eigenvalue weighted by atomic mass is 17.2. The van der Waals surface area contributed by atoms with Crippen molar-refractivity contribution in [1.29, 1.82) is 0 Å². The standard InChI is InChI=1S/C22H40O8/c1-19(2,3)15-21(7,8)29-27-17(23)25-13-11-12-14-26-18(24)28-30-22(9,10)16-20(4,5)6/h11-12H,13-16H2,1-10H3. The minimum atomic E-state index is -0.948. The van der Waals surface area contributed by atoms with Crippen LogP contribution in [0.2, 0.25) is 0 Å². The summed E-state index contributed by atoms with van der Waals surface area (Å²) in [4.78, 5) is 42.8. The Labute approximate surface area is 181 Å². The van der Waals surface area contributed by atoms with E-state index in [0.717, 1.165) is 0 Å². The average molecular weight is 433 g/mol. The van der Waals surface area contributed by atoms with Gasteiger partial charge in [0.2, 0.25) is 0 Å². The van der Waals surface area contributed by atoms with Crippen molar-refractivity contribution in [3.8, 4) is 0 Å². The maximum Gasteiger partial charge on any atom is 0.540 e. The van der Waals surface area contributed by atoms with E-state index in [1.165, 1.54) is 12.2 Å². The monoisotopic (exact) mass is 432 g/mol. The van der Waals surface area contributed by atoms with Crippen LogP contribution >= 0.6 is 0 Å². The van der Waals surface area contributed by atoms with Gasteiger partial charge >= 0.3 is 12.3 Å². The molecule has 0 saturated carbocycles. The molecule has 0 aromatic rings. The van der Waals surface area contributed by atoms with E-state index >= 15 is 0 Å². The van der Waals surface area contributed by atoms with Crippen LogP contribution in [0, 0.1) is 10.8 Å².